The van der Waals surface area contributed by atoms with Crippen molar-refractivity contribution in [2.24, 2.45) is 0 Å². The Balaban J connectivity index is 1.87. The molecule has 0 radical (unpaired) electrons. The van der Waals surface area contributed by atoms with Gasteiger partial charge in [-0.25, -0.2) is 4.98 Å². The van der Waals surface area contributed by atoms with Gasteiger partial charge in [-0.1, -0.05) is 0 Å². The normalized spacial score (nSPS) is 15.3. The van der Waals surface area contributed by atoms with Crippen LogP contribution in [0.5, 0.6) is 0 Å². The van der Waals surface area contributed by atoms with E-state index in [-0.39, 0.29) is 18.3 Å². The smallest absolute Gasteiger partial charge is 0.290 e. The number of rotatable bonds is 5. The van der Waals surface area contributed by atoms with Crippen molar-refractivity contribution in [2.45, 2.75) is 25.2 Å². The first kappa shape index (κ1) is 10.1. The average Bonchev–Trinajstić information content (AvgIpc) is 2.97. The number of hydrogen-bond donors (Lipinski definition) is 3. The minimum absolute atomic E-state index is 0.0710. The Labute approximate surface area is 87.1 Å². The number of aromatic amines is 1. The molecule has 0 aliphatic heterocycles. The van der Waals surface area contributed by atoms with Crippen molar-refractivity contribution >= 4 is 5.91 Å². The Hall–Kier alpha value is -1.43. The van der Waals surface area contributed by atoms with E-state index in [1.807, 2.05) is 0 Å². The van der Waals surface area contributed by atoms with E-state index in [0.717, 1.165) is 18.7 Å². The van der Waals surface area contributed by atoms with Gasteiger partial charge in [0.1, 0.15) is 5.82 Å². The molecule has 3 N–H and O–H groups in total. The molecule has 82 valence electrons. The third kappa shape index (κ3) is 2.53. The van der Waals surface area contributed by atoms with E-state index in [1.54, 1.807) is 0 Å². The molecule has 0 bridgehead atoms. The summed E-state index contributed by atoms with van der Waals surface area (Å²) < 4.78 is 0. The minimum Gasteiger partial charge on any atom is -0.396 e. The van der Waals surface area contributed by atoms with E-state index in [9.17, 15) is 4.79 Å². The van der Waals surface area contributed by atoms with E-state index >= 15 is 0 Å². The van der Waals surface area contributed by atoms with Crippen LogP contribution < -0.4 is 5.32 Å². The Morgan fingerprint density at radius 2 is 2.40 bits per heavy atom. The number of carbonyl (C=O) groups is 1. The fourth-order valence-corrected chi connectivity index (χ4v) is 1.28. The largest absolute Gasteiger partial charge is 0.396 e. The first-order valence-electron chi connectivity index (χ1n) is 5.12. The van der Waals surface area contributed by atoms with Crippen molar-refractivity contribution in [3.63, 3.8) is 0 Å². The van der Waals surface area contributed by atoms with Crippen LogP contribution >= 0.6 is 0 Å². The minimum atomic E-state index is -0.286. The van der Waals surface area contributed by atoms with Gasteiger partial charge in [0.25, 0.3) is 5.91 Å². The SMILES string of the molecule is O=C(NCCCO)c1n[nH]c(C2CC2)n1. The van der Waals surface area contributed by atoms with Crippen LogP contribution in [0.4, 0.5) is 0 Å². The molecule has 6 nitrogen and oxygen atoms in total. The molecule has 1 amide bonds. The van der Waals surface area contributed by atoms with Crippen LogP contribution in [-0.4, -0.2) is 39.3 Å². The van der Waals surface area contributed by atoms with E-state index in [0.29, 0.717) is 18.9 Å². The molecule has 1 aliphatic rings. The highest BCUT2D eigenvalue weighted by molar-refractivity contribution is 5.90. The molecule has 1 aromatic rings. The van der Waals surface area contributed by atoms with E-state index < -0.39 is 0 Å². The van der Waals surface area contributed by atoms with Crippen LogP contribution in [0.1, 0.15) is 41.6 Å². The zero-order chi connectivity index (χ0) is 10.7. The van der Waals surface area contributed by atoms with Gasteiger partial charge in [0, 0.05) is 19.1 Å². The van der Waals surface area contributed by atoms with Gasteiger partial charge in [0.05, 0.1) is 0 Å². The molecule has 15 heavy (non-hydrogen) atoms. The molecule has 0 saturated heterocycles. The number of amides is 1. The van der Waals surface area contributed by atoms with Gasteiger partial charge in [-0.05, 0) is 19.3 Å². The van der Waals surface area contributed by atoms with E-state index in [1.165, 1.54) is 0 Å². The summed E-state index contributed by atoms with van der Waals surface area (Å²) in [7, 11) is 0. The van der Waals surface area contributed by atoms with Crippen molar-refractivity contribution in [3.8, 4) is 0 Å². The van der Waals surface area contributed by atoms with Gasteiger partial charge in [0.2, 0.25) is 5.82 Å². The molecule has 1 fully saturated rings. The molecular weight excluding hydrogens is 196 g/mol. The second kappa shape index (κ2) is 4.39. The van der Waals surface area contributed by atoms with E-state index in [4.69, 9.17) is 5.11 Å². The number of carbonyl (C=O) groups excluding carboxylic acids is 1. The standard InChI is InChI=1S/C9H14N4O2/c14-5-1-4-10-9(15)8-11-7(12-13-8)6-2-3-6/h6,14H,1-5H2,(H,10,15)(H,11,12,13). The lowest BCUT2D eigenvalue weighted by molar-refractivity contribution is 0.0941. The number of aliphatic hydroxyl groups is 1. The molecule has 1 heterocycles. The lowest BCUT2D eigenvalue weighted by Gasteiger charge is -1.98. The average molecular weight is 210 g/mol. The first-order chi connectivity index (χ1) is 7.31. The molecule has 0 aromatic carbocycles. The van der Waals surface area contributed by atoms with Crippen LogP contribution in [0, 0.1) is 0 Å². The quantitative estimate of drug-likeness (QED) is 0.587. The molecule has 0 atom stereocenters. The highest BCUT2D eigenvalue weighted by Crippen LogP contribution is 2.37. The number of H-pyrrole nitrogens is 1. The number of aromatic nitrogens is 3. The molecule has 1 saturated carbocycles. The van der Waals surface area contributed by atoms with Crippen LogP contribution in [0.3, 0.4) is 0 Å². The first-order valence-corrected chi connectivity index (χ1v) is 5.12. The lowest BCUT2D eigenvalue weighted by atomic mass is 10.4. The fraction of sp³-hybridized carbons (Fsp3) is 0.667. The number of nitrogens with zero attached hydrogens (tertiary/aromatic N) is 2. The number of aliphatic hydroxyl groups excluding tert-OH is 1. The zero-order valence-corrected chi connectivity index (χ0v) is 8.36. The van der Waals surface area contributed by atoms with Crippen LogP contribution in [0.2, 0.25) is 0 Å². The summed E-state index contributed by atoms with van der Waals surface area (Å²) in [6, 6.07) is 0. The van der Waals surface area contributed by atoms with E-state index in [2.05, 4.69) is 20.5 Å². The highest BCUT2D eigenvalue weighted by atomic mass is 16.3. The summed E-state index contributed by atoms with van der Waals surface area (Å²) >= 11 is 0. The molecule has 1 aromatic heterocycles. The molecule has 0 spiro atoms. The number of hydrogen-bond acceptors (Lipinski definition) is 4. The summed E-state index contributed by atoms with van der Waals surface area (Å²) in [4.78, 5) is 15.5. The molecule has 0 unspecified atom stereocenters. The molecule has 6 heteroatoms. The Morgan fingerprint density at radius 3 is 3.07 bits per heavy atom. The van der Waals surface area contributed by atoms with Crippen LogP contribution in [0.25, 0.3) is 0 Å². The van der Waals surface area contributed by atoms with Gasteiger partial charge in [-0.15, -0.1) is 5.10 Å². The van der Waals surface area contributed by atoms with Gasteiger partial charge in [-0.2, -0.15) is 0 Å². The maximum absolute atomic E-state index is 11.4. The highest BCUT2D eigenvalue weighted by Gasteiger charge is 2.27. The van der Waals surface area contributed by atoms with Crippen molar-refractivity contribution in [1.82, 2.24) is 20.5 Å². The lowest BCUT2D eigenvalue weighted by Crippen LogP contribution is -2.26. The van der Waals surface area contributed by atoms with Crippen molar-refractivity contribution < 1.29 is 9.90 Å². The maximum Gasteiger partial charge on any atom is 0.290 e. The molecule has 1 aliphatic carbocycles. The zero-order valence-electron chi connectivity index (χ0n) is 8.36. The van der Waals surface area contributed by atoms with Crippen LogP contribution in [-0.2, 0) is 0 Å². The summed E-state index contributed by atoms with van der Waals surface area (Å²) in [5.74, 6) is 1.18. The topological polar surface area (TPSA) is 90.9 Å². The van der Waals surface area contributed by atoms with Gasteiger partial charge in [0.15, 0.2) is 0 Å². The van der Waals surface area contributed by atoms with Gasteiger partial charge in [-0.3, -0.25) is 9.89 Å². The van der Waals surface area contributed by atoms with Gasteiger partial charge >= 0.3 is 0 Å². The van der Waals surface area contributed by atoms with Crippen molar-refractivity contribution in [1.29, 1.82) is 0 Å². The summed E-state index contributed by atoms with van der Waals surface area (Å²) in [5.41, 5.74) is 0. The summed E-state index contributed by atoms with van der Waals surface area (Å²) in [5, 5.41) is 17.8. The fourth-order valence-electron chi connectivity index (χ4n) is 1.28. The summed E-state index contributed by atoms with van der Waals surface area (Å²) in [6.45, 7) is 0.518. The molecule has 2 rings (SSSR count). The predicted octanol–water partition coefficient (Wildman–Crippen LogP) is -0.206. The Bertz CT molecular complexity index is 346. The Morgan fingerprint density at radius 1 is 1.60 bits per heavy atom. The van der Waals surface area contributed by atoms with Crippen LogP contribution in [0.15, 0.2) is 0 Å². The third-order valence-corrected chi connectivity index (χ3v) is 2.29. The second-order valence-corrected chi connectivity index (χ2v) is 3.65. The summed E-state index contributed by atoms with van der Waals surface area (Å²) in [6.07, 6.45) is 2.80. The number of nitrogens with one attached hydrogen (secondary N) is 2. The second-order valence-electron chi connectivity index (χ2n) is 3.65. The third-order valence-electron chi connectivity index (χ3n) is 2.29. The van der Waals surface area contributed by atoms with Crippen molar-refractivity contribution in [2.75, 3.05) is 13.2 Å². The monoisotopic (exact) mass is 210 g/mol. The predicted molar refractivity (Wildman–Crippen MR) is 52.4 cm³/mol. The Kier molecular flexibility index (Phi) is 2.96. The molecular formula is C9H14N4O2. The maximum atomic E-state index is 11.4. The van der Waals surface area contributed by atoms with Crippen molar-refractivity contribution in [3.05, 3.63) is 11.6 Å². The van der Waals surface area contributed by atoms with Gasteiger partial charge < -0.3 is 10.4 Å².